The molecular formula is C16H7F3N4O4. The number of amides is 2. The van der Waals surface area contributed by atoms with Crippen molar-refractivity contribution in [3.05, 3.63) is 59.2 Å². The maximum atomic E-state index is 12.8. The Bertz CT molecular complexity index is 1090. The fourth-order valence-corrected chi connectivity index (χ4v) is 2.60. The number of halogens is 3. The second kappa shape index (κ2) is 5.62. The van der Waals surface area contributed by atoms with E-state index in [0.717, 1.165) is 12.4 Å². The molecule has 0 aliphatic carbocycles. The topological polar surface area (TPSA) is 105 Å². The van der Waals surface area contributed by atoms with Crippen molar-refractivity contribution < 1.29 is 32.4 Å². The lowest BCUT2D eigenvalue weighted by atomic mass is 10.1. The Labute approximate surface area is 147 Å². The molecule has 1 aliphatic heterocycles. The predicted molar refractivity (Wildman–Crippen MR) is 81.2 cm³/mol. The van der Waals surface area contributed by atoms with Crippen LogP contribution in [0.3, 0.4) is 0 Å². The summed E-state index contributed by atoms with van der Waals surface area (Å²) in [5.74, 6) is -4.28. The van der Waals surface area contributed by atoms with Gasteiger partial charge in [-0.3, -0.25) is 14.6 Å². The molecule has 0 bridgehead atoms. The van der Waals surface area contributed by atoms with Crippen LogP contribution in [0.15, 0.2) is 36.7 Å². The minimum atomic E-state index is -4.76. The predicted octanol–water partition coefficient (Wildman–Crippen LogP) is 2.34. The van der Waals surface area contributed by atoms with E-state index in [1.807, 2.05) is 4.98 Å². The van der Waals surface area contributed by atoms with Crippen LogP contribution in [0, 0.1) is 0 Å². The van der Waals surface area contributed by atoms with Crippen molar-refractivity contribution in [1.82, 2.24) is 20.0 Å². The van der Waals surface area contributed by atoms with Crippen molar-refractivity contribution in [2.75, 3.05) is 0 Å². The highest BCUT2D eigenvalue weighted by Crippen LogP contribution is 2.30. The molecule has 0 saturated heterocycles. The molecule has 0 atom stereocenters. The molecular weight excluding hydrogens is 369 g/mol. The second-order valence-corrected chi connectivity index (χ2v) is 5.50. The SMILES string of the molecule is O=C(ON1C(=O)c2ccccc2C1=O)c1cncc2[nH]c(C(F)(F)F)nc12. The standard InChI is InChI=1S/C16H7F3N4O4/c17-16(18,19)15-21-10-6-20-5-9(11(10)22-15)14(26)27-23-12(24)7-3-1-2-4-8(7)13(23)25/h1-6H,(H,21,22). The Kier molecular flexibility index (Phi) is 3.48. The van der Waals surface area contributed by atoms with Gasteiger partial charge in [0.15, 0.2) is 0 Å². The van der Waals surface area contributed by atoms with Gasteiger partial charge in [-0.15, -0.1) is 0 Å². The molecule has 2 amide bonds. The molecule has 0 unspecified atom stereocenters. The fourth-order valence-electron chi connectivity index (χ4n) is 2.60. The largest absolute Gasteiger partial charge is 0.449 e. The van der Waals surface area contributed by atoms with Crippen LogP contribution >= 0.6 is 0 Å². The third-order valence-corrected chi connectivity index (χ3v) is 3.81. The number of aromatic amines is 1. The molecule has 4 rings (SSSR count). The third-order valence-electron chi connectivity index (χ3n) is 3.81. The van der Waals surface area contributed by atoms with Gasteiger partial charge in [-0.2, -0.15) is 13.2 Å². The first-order chi connectivity index (χ1) is 12.8. The van der Waals surface area contributed by atoms with E-state index in [9.17, 15) is 27.6 Å². The van der Waals surface area contributed by atoms with E-state index in [4.69, 9.17) is 4.84 Å². The van der Waals surface area contributed by atoms with Crippen molar-refractivity contribution in [3.8, 4) is 0 Å². The van der Waals surface area contributed by atoms with Gasteiger partial charge < -0.3 is 9.82 Å². The van der Waals surface area contributed by atoms with Crippen LogP contribution in [0.1, 0.15) is 36.9 Å². The summed E-state index contributed by atoms with van der Waals surface area (Å²) in [6, 6.07) is 5.83. The molecule has 3 aromatic rings. The number of hydroxylamine groups is 2. The minimum absolute atomic E-state index is 0.0470. The number of H-pyrrole nitrogens is 1. The Morgan fingerprint density at radius 3 is 2.30 bits per heavy atom. The Morgan fingerprint density at radius 1 is 1.07 bits per heavy atom. The van der Waals surface area contributed by atoms with E-state index < -0.39 is 35.3 Å². The van der Waals surface area contributed by atoms with E-state index in [1.165, 1.54) is 24.3 Å². The van der Waals surface area contributed by atoms with Gasteiger partial charge in [0.2, 0.25) is 5.82 Å². The molecule has 136 valence electrons. The molecule has 3 heterocycles. The maximum Gasteiger partial charge on any atom is 0.449 e. The quantitative estimate of drug-likeness (QED) is 0.689. The van der Waals surface area contributed by atoms with Gasteiger partial charge in [0, 0.05) is 6.20 Å². The summed E-state index contributed by atoms with van der Waals surface area (Å²) in [5.41, 5.74) is -0.842. The van der Waals surface area contributed by atoms with Crippen LogP contribution in [0.2, 0.25) is 0 Å². The molecule has 1 aromatic carbocycles. The first-order valence-electron chi connectivity index (χ1n) is 7.38. The summed E-state index contributed by atoms with van der Waals surface area (Å²) in [6.07, 6.45) is -2.77. The minimum Gasteiger partial charge on any atom is -0.333 e. The summed E-state index contributed by atoms with van der Waals surface area (Å²) in [7, 11) is 0. The Balaban J connectivity index is 1.68. The molecule has 8 nitrogen and oxygen atoms in total. The van der Waals surface area contributed by atoms with Gasteiger partial charge in [-0.25, -0.2) is 9.78 Å². The van der Waals surface area contributed by atoms with E-state index in [1.54, 1.807) is 0 Å². The number of carbonyl (C=O) groups excluding carboxylic acids is 3. The highest BCUT2D eigenvalue weighted by Gasteiger charge is 2.40. The molecule has 2 aromatic heterocycles. The zero-order valence-electron chi connectivity index (χ0n) is 13.1. The maximum absolute atomic E-state index is 12.8. The number of rotatable bonds is 2. The number of pyridine rings is 1. The van der Waals surface area contributed by atoms with Crippen LogP contribution < -0.4 is 0 Å². The Hall–Kier alpha value is -3.76. The third kappa shape index (κ3) is 2.60. The number of nitrogens with one attached hydrogen (secondary N) is 1. The van der Waals surface area contributed by atoms with E-state index >= 15 is 0 Å². The van der Waals surface area contributed by atoms with Crippen LogP contribution in [-0.2, 0) is 11.0 Å². The van der Waals surface area contributed by atoms with Crippen molar-refractivity contribution in [2.45, 2.75) is 6.18 Å². The normalized spacial score (nSPS) is 14.0. The molecule has 1 N–H and O–H groups in total. The Morgan fingerprint density at radius 2 is 1.70 bits per heavy atom. The summed E-state index contributed by atoms with van der Waals surface area (Å²) in [5, 5.41) is 0.253. The molecule has 0 saturated carbocycles. The average Bonchev–Trinajstić information content (AvgIpc) is 3.17. The monoisotopic (exact) mass is 376 g/mol. The summed E-state index contributed by atoms with van der Waals surface area (Å²) < 4.78 is 38.4. The molecule has 27 heavy (non-hydrogen) atoms. The number of imidazole rings is 1. The number of fused-ring (bicyclic) bond motifs is 2. The number of hydrogen-bond donors (Lipinski definition) is 1. The number of alkyl halides is 3. The van der Waals surface area contributed by atoms with Gasteiger partial charge in [0.05, 0.1) is 22.8 Å². The van der Waals surface area contributed by atoms with Gasteiger partial charge in [-0.05, 0) is 12.1 Å². The highest BCUT2D eigenvalue weighted by atomic mass is 19.4. The van der Waals surface area contributed by atoms with E-state index in [2.05, 4.69) is 9.97 Å². The summed E-state index contributed by atoms with van der Waals surface area (Å²) in [4.78, 5) is 50.6. The van der Waals surface area contributed by atoms with Crippen LogP contribution in [0.5, 0.6) is 0 Å². The van der Waals surface area contributed by atoms with Crippen LogP contribution in [0.25, 0.3) is 11.0 Å². The summed E-state index contributed by atoms with van der Waals surface area (Å²) >= 11 is 0. The average molecular weight is 376 g/mol. The van der Waals surface area contributed by atoms with Crippen molar-refractivity contribution >= 4 is 28.8 Å². The van der Waals surface area contributed by atoms with Crippen LogP contribution in [-0.4, -0.2) is 37.8 Å². The highest BCUT2D eigenvalue weighted by molar-refractivity contribution is 6.21. The molecule has 0 fully saturated rings. The molecule has 1 aliphatic rings. The number of hydrogen-bond acceptors (Lipinski definition) is 6. The number of carbonyl (C=O) groups is 3. The second-order valence-electron chi connectivity index (χ2n) is 5.50. The number of benzene rings is 1. The zero-order valence-corrected chi connectivity index (χ0v) is 13.1. The van der Waals surface area contributed by atoms with Crippen molar-refractivity contribution in [1.29, 1.82) is 0 Å². The molecule has 11 heteroatoms. The molecule has 0 radical (unpaired) electrons. The van der Waals surface area contributed by atoms with Gasteiger partial charge >= 0.3 is 12.1 Å². The fraction of sp³-hybridized carbons (Fsp3) is 0.0625. The van der Waals surface area contributed by atoms with E-state index in [0.29, 0.717) is 0 Å². The lowest BCUT2D eigenvalue weighted by molar-refractivity contribution is -0.144. The number of aromatic nitrogens is 3. The molecule has 0 spiro atoms. The van der Waals surface area contributed by atoms with Gasteiger partial charge in [0.1, 0.15) is 11.1 Å². The van der Waals surface area contributed by atoms with Crippen molar-refractivity contribution in [3.63, 3.8) is 0 Å². The first kappa shape index (κ1) is 16.7. The van der Waals surface area contributed by atoms with Gasteiger partial charge in [-0.1, -0.05) is 17.2 Å². The smallest absolute Gasteiger partial charge is 0.333 e. The van der Waals surface area contributed by atoms with Gasteiger partial charge in [0.25, 0.3) is 11.8 Å². The summed E-state index contributed by atoms with van der Waals surface area (Å²) in [6.45, 7) is 0. The number of nitrogens with zero attached hydrogens (tertiary/aromatic N) is 3. The lowest BCUT2D eigenvalue weighted by Gasteiger charge is -2.12. The van der Waals surface area contributed by atoms with Crippen molar-refractivity contribution in [2.24, 2.45) is 0 Å². The lowest BCUT2D eigenvalue weighted by Crippen LogP contribution is -2.32. The van der Waals surface area contributed by atoms with E-state index in [-0.39, 0.29) is 27.2 Å². The van der Waals surface area contributed by atoms with Crippen LogP contribution in [0.4, 0.5) is 13.2 Å². The first-order valence-corrected chi connectivity index (χ1v) is 7.38. The number of imide groups is 1. The zero-order chi connectivity index (χ0) is 19.3.